The number of benzene rings is 2. The van der Waals surface area contributed by atoms with E-state index >= 15 is 0 Å². The van der Waals surface area contributed by atoms with E-state index < -0.39 is 5.91 Å². The van der Waals surface area contributed by atoms with Gasteiger partial charge in [0.1, 0.15) is 0 Å². The summed E-state index contributed by atoms with van der Waals surface area (Å²) < 4.78 is 0. The van der Waals surface area contributed by atoms with E-state index in [2.05, 4.69) is 74.6 Å². The molecular formula is C23H31Cl2HfNOSi. The Hall–Kier alpha value is -0.553. The van der Waals surface area contributed by atoms with Crippen LogP contribution >= 0.6 is 0 Å². The van der Waals surface area contributed by atoms with Crippen molar-refractivity contribution in [2.45, 2.75) is 52.6 Å². The van der Waals surface area contributed by atoms with Gasteiger partial charge in [-0.25, -0.2) is 0 Å². The van der Waals surface area contributed by atoms with E-state index in [9.17, 15) is 4.79 Å². The Morgan fingerprint density at radius 3 is 1.72 bits per heavy atom. The van der Waals surface area contributed by atoms with Crippen LogP contribution in [0.25, 0.3) is 27.3 Å². The average Bonchev–Trinajstić information content (AvgIpc) is 3.02. The fraction of sp³-hybridized carbons (Fsp3) is 0.391. The summed E-state index contributed by atoms with van der Waals surface area (Å²) >= 11 is 0. The Morgan fingerprint density at radius 1 is 0.966 bits per heavy atom. The van der Waals surface area contributed by atoms with Gasteiger partial charge in [-0.05, 0) is 18.8 Å². The van der Waals surface area contributed by atoms with E-state index in [0.29, 0.717) is 0 Å². The minimum absolute atomic E-state index is 0. The number of amides is 1. The Kier molecular flexibility index (Phi) is 22.2. The van der Waals surface area contributed by atoms with Crippen LogP contribution in [0.5, 0.6) is 0 Å². The predicted octanol–water partition coefficient (Wildman–Crippen LogP) is 1.29. The van der Waals surface area contributed by atoms with Gasteiger partial charge in [-0.1, -0.05) is 76.2 Å². The van der Waals surface area contributed by atoms with Gasteiger partial charge in [0, 0.05) is 9.52 Å². The molecule has 0 heterocycles. The van der Waals surface area contributed by atoms with Crippen molar-refractivity contribution in [1.82, 2.24) is 0 Å². The molecule has 3 aromatic carbocycles. The van der Waals surface area contributed by atoms with Crippen LogP contribution < -0.4 is 24.8 Å². The number of carbonyl (C=O) groups excluding carboxylic acids is 1. The molecule has 0 saturated carbocycles. The normalized spacial score (nSPS) is 10.1. The van der Waals surface area contributed by atoms with Crippen molar-refractivity contribution < 1.29 is 55.5 Å². The molecule has 1 unspecified atom stereocenters. The van der Waals surface area contributed by atoms with Gasteiger partial charge in [-0.2, -0.15) is 0 Å². The van der Waals surface area contributed by atoms with Gasteiger partial charge < -0.3 is 35.3 Å². The Morgan fingerprint density at radius 2 is 1.38 bits per heavy atom. The molecule has 6 heteroatoms. The Labute approximate surface area is 210 Å². The number of halogens is 2. The summed E-state index contributed by atoms with van der Waals surface area (Å²) in [7, 11) is 1.08. The van der Waals surface area contributed by atoms with Crippen LogP contribution in [0, 0.1) is 5.92 Å². The second-order valence-electron chi connectivity index (χ2n) is 6.43. The second kappa shape index (κ2) is 19.4. The van der Waals surface area contributed by atoms with Crippen LogP contribution in [0.15, 0.2) is 54.6 Å². The molecule has 1 amide bonds. The minimum Gasteiger partial charge on any atom is -1.00 e. The van der Waals surface area contributed by atoms with Crippen LogP contribution in [0.4, 0.5) is 0 Å². The third kappa shape index (κ3) is 11.4. The Balaban J connectivity index is -0.000000387. The molecule has 2 nitrogen and oxygen atoms in total. The van der Waals surface area contributed by atoms with E-state index in [1.807, 2.05) is 6.92 Å². The molecule has 0 fully saturated rings. The maximum Gasteiger partial charge on any atom is 4.00 e. The zero-order valence-corrected chi connectivity index (χ0v) is 23.9. The van der Waals surface area contributed by atoms with E-state index in [4.69, 9.17) is 5.73 Å². The molecule has 0 saturated heterocycles. The van der Waals surface area contributed by atoms with Gasteiger partial charge in [-0.3, -0.25) is 0 Å². The molecule has 0 aromatic heterocycles. The van der Waals surface area contributed by atoms with Crippen molar-refractivity contribution in [3.05, 3.63) is 60.3 Å². The van der Waals surface area contributed by atoms with Gasteiger partial charge in [0.2, 0.25) is 0 Å². The fourth-order valence-corrected chi connectivity index (χ4v) is 2.87. The molecule has 2 radical (unpaired) electrons. The summed E-state index contributed by atoms with van der Waals surface area (Å²) in [6, 6.07) is 19.3. The van der Waals surface area contributed by atoms with Crippen molar-refractivity contribution >= 4 is 37.0 Å². The van der Waals surface area contributed by atoms with E-state index in [1.165, 1.54) is 21.5 Å². The van der Waals surface area contributed by atoms with Gasteiger partial charge >= 0.3 is 25.8 Å². The van der Waals surface area contributed by atoms with Gasteiger partial charge in [0.05, 0.1) is 5.91 Å². The Bertz CT molecular complexity index is 744. The van der Waals surface area contributed by atoms with E-state index in [-0.39, 0.29) is 56.6 Å². The third-order valence-electron chi connectivity index (χ3n) is 4.29. The van der Waals surface area contributed by atoms with Crippen LogP contribution in [0.3, 0.4) is 0 Å². The van der Waals surface area contributed by atoms with Crippen molar-refractivity contribution in [3.63, 3.8) is 0 Å². The van der Waals surface area contributed by atoms with Crippen LogP contribution in [-0.4, -0.2) is 15.4 Å². The van der Waals surface area contributed by atoms with Crippen LogP contribution in [0.2, 0.25) is 13.1 Å². The summed E-state index contributed by atoms with van der Waals surface area (Å²) in [5.74, 6) is -0.393. The first kappa shape index (κ1) is 33.1. The molecule has 0 aliphatic heterocycles. The minimum atomic E-state index is -0.393. The fourth-order valence-electron chi connectivity index (χ4n) is 2.87. The van der Waals surface area contributed by atoms with E-state index in [0.717, 1.165) is 35.2 Å². The first-order valence-electron chi connectivity index (χ1n) is 9.46. The van der Waals surface area contributed by atoms with Crippen LogP contribution in [-0.2, 0) is 30.6 Å². The van der Waals surface area contributed by atoms with Crippen molar-refractivity contribution in [2.24, 2.45) is 5.92 Å². The van der Waals surface area contributed by atoms with Gasteiger partial charge in [0.25, 0.3) is 0 Å². The molecule has 0 aliphatic carbocycles. The van der Waals surface area contributed by atoms with Crippen LogP contribution in [0.1, 0.15) is 39.5 Å². The third-order valence-corrected chi connectivity index (χ3v) is 4.29. The summed E-state index contributed by atoms with van der Waals surface area (Å²) in [5.41, 5.74) is 6.87. The zero-order valence-electron chi connectivity index (χ0n) is 17.8. The molecule has 1 N–H and O–H groups in total. The number of hydrogen-bond acceptors (Lipinski definition) is 1. The molecule has 156 valence electrons. The van der Waals surface area contributed by atoms with Crippen molar-refractivity contribution in [2.75, 3.05) is 0 Å². The quantitative estimate of drug-likeness (QED) is 0.316. The first-order chi connectivity index (χ1) is 12.6. The predicted molar refractivity (Wildman–Crippen MR) is 117 cm³/mol. The summed E-state index contributed by atoms with van der Waals surface area (Å²) in [4.78, 5) is 10.5. The average molecular weight is 615 g/mol. The smallest absolute Gasteiger partial charge is 1.00 e. The topological polar surface area (TPSA) is 40.9 Å². The van der Waals surface area contributed by atoms with Crippen molar-refractivity contribution in [1.29, 1.82) is 0 Å². The molecular weight excluding hydrogens is 584 g/mol. The van der Waals surface area contributed by atoms with Gasteiger partial charge in [0.15, 0.2) is 0 Å². The first-order valence-corrected chi connectivity index (χ1v) is 11.5. The second-order valence-corrected chi connectivity index (χ2v) is 7.43. The van der Waals surface area contributed by atoms with Gasteiger partial charge in [-0.15, -0.1) is 39.7 Å². The molecule has 0 spiro atoms. The molecule has 29 heavy (non-hydrogen) atoms. The number of rotatable bonds is 5. The largest absolute Gasteiger partial charge is 4.00 e. The zero-order chi connectivity index (χ0) is 19.4. The molecule has 3 aromatic rings. The number of hydrogen-bond donors (Lipinski definition) is 0. The molecule has 1 atom stereocenters. The molecule has 0 aliphatic rings. The number of fused-ring (bicyclic) bond motifs is 3. The maximum atomic E-state index is 10.5. The van der Waals surface area contributed by atoms with E-state index in [1.54, 1.807) is 0 Å². The summed E-state index contributed by atoms with van der Waals surface area (Å²) in [6.07, 6.45) is 3.91. The molecule has 0 bridgehead atoms. The standard InChI is InChI=1S/C13H9.C8H17NO.C2H6Si.2ClH.Hf/c1-3-7-12-10(5-1)9-11-6-2-4-8-13(11)12;1-3-5-6-7(4-2)8(9)10;1-3-2;;;/h1-9H;7H,3-6H2,1-2H3,(H2,9,10);1-2H3;2*1H;/q-1;;;;;+4/p-3. The summed E-state index contributed by atoms with van der Waals surface area (Å²) in [5, 5.41) is 5.39. The number of unbranched alkanes of at least 4 members (excludes halogenated alkanes) is 1. The number of carbonyl (C=O) groups is 1. The van der Waals surface area contributed by atoms with Crippen molar-refractivity contribution in [3.8, 4) is 0 Å². The summed E-state index contributed by atoms with van der Waals surface area (Å²) in [6.45, 7) is 8.37. The number of nitrogens with one attached hydrogen (secondary N) is 1. The SMILES string of the molecule is CCCCC(CC)C([NH-])=O.C[Si]C.[Cl-].[Cl-].[Hf+4].c1ccc2c(c1)[cH-]c1ccccc12. The molecule has 3 rings (SSSR count). The maximum absolute atomic E-state index is 10.5. The monoisotopic (exact) mass is 615 g/mol.